The lowest BCUT2D eigenvalue weighted by Crippen LogP contribution is -2.51. The first-order chi connectivity index (χ1) is 14.2. The number of hydrogen-bond acceptors (Lipinski definition) is 3. The molecule has 144 valence electrons. The monoisotopic (exact) mass is 384 g/mol. The molecule has 0 spiro atoms. The molecule has 0 radical (unpaired) electrons. The number of fused-ring (bicyclic) bond motifs is 3. The quantitative estimate of drug-likeness (QED) is 0.694. The number of methoxy groups -OCH3 is 1. The molecule has 5 nitrogen and oxygen atoms in total. The molecule has 2 amide bonds. The number of benzene rings is 3. The van der Waals surface area contributed by atoms with Gasteiger partial charge in [-0.2, -0.15) is 0 Å². The number of carbonyl (C=O) groups is 2. The van der Waals surface area contributed by atoms with Crippen LogP contribution in [0.5, 0.6) is 5.75 Å². The fourth-order valence-corrected chi connectivity index (χ4v) is 4.60. The molecule has 0 bridgehead atoms. The van der Waals surface area contributed by atoms with Gasteiger partial charge in [0.15, 0.2) is 5.66 Å². The fourth-order valence-electron chi connectivity index (χ4n) is 4.60. The standard InChI is InChI=1S/C24H20N2O3/c1-29-19-13-11-17(12-14-19)22(27)25-15-16-26-23(28)20-9-5-6-10-21(20)24(25,26)18-7-3-2-4-8-18/h2-14H,15-16H2,1H3. The Morgan fingerprint density at radius 1 is 0.897 bits per heavy atom. The van der Waals surface area contributed by atoms with Crippen molar-refractivity contribution >= 4 is 11.8 Å². The van der Waals surface area contributed by atoms with Gasteiger partial charge in [-0.3, -0.25) is 9.59 Å². The van der Waals surface area contributed by atoms with Crippen molar-refractivity contribution in [1.29, 1.82) is 0 Å². The molecular weight excluding hydrogens is 364 g/mol. The van der Waals surface area contributed by atoms with E-state index >= 15 is 0 Å². The van der Waals surface area contributed by atoms with E-state index in [4.69, 9.17) is 4.74 Å². The van der Waals surface area contributed by atoms with E-state index in [1.54, 1.807) is 31.4 Å². The highest BCUT2D eigenvalue weighted by Crippen LogP contribution is 2.49. The highest BCUT2D eigenvalue weighted by molar-refractivity contribution is 6.03. The lowest BCUT2D eigenvalue weighted by molar-refractivity contribution is 0.0375. The van der Waals surface area contributed by atoms with Crippen LogP contribution in [0.1, 0.15) is 31.8 Å². The minimum absolute atomic E-state index is 0.0329. The van der Waals surface area contributed by atoms with Gasteiger partial charge >= 0.3 is 0 Å². The third-order valence-corrected chi connectivity index (χ3v) is 5.87. The van der Waals surface area contributed by atoms with Crippen molar-refractivity contribution in [3.8, 4) is 5.75 Å². The third kappa shape index (κ3) is 2.34. The highest BCUT2D eigenvalue weighted by atomic mass is 16.5. The van der Waals surface area contributed by atoms with Gasteiger partial charge in [-0.1, -0.05) is 48.5 Å². The van der Waals surface area contributed by atoms with Crippen LogP contribution < -0.4 is 4.74 Å². The van der Waals surface area contributed by atoms with Gasteiger partial charge in [0, 0.05) is 35.3 Å². The van der Waals surface area contributed by atoms with Crippen molar-refractivity contribution in [3.63, 3.8) is 0 Å². The summed E-state index contributed by atoms with van der Waals surface area (Å²) in [6.45, 7) is 0.962. The van der Waals surface area contributed by atoms with Gasteiger partial charge in [-0.25, -0.2) is 0 Å². The van der Waals surface area contributed by atoms with Gasteiger partial charge in [0.2, 0.25) is 0 Å². The molecule has 2 aliphatic rings. The van der Waals surface area contributed by atoms with E-state index in [-0.39, 0.29) is 11.8 Å². The topological polar surface area (TPSA) is 49.9 Å². The molecule has 29 heavy (non-hydrogen) atoms. The minimum atomic E-state index is -0.925. The maximum atomic E-state index is 13.6. The number of ether oxygens (including phenoxy) is 1. The van der Waals surface area contributed by atoms with Crippen LogP contribution in [-0.4, -0.2) is 41.8 Å². The number of nitrogens with zero attached hydrogens (tertiary/aromatic N) is 2. The van der Waals surface area contributed by atoms with Crippen molar-refractivity contribution < 1.29 is 14.3 Å². The Kier molecular flexibility index (Phi) is 3.91. The van der Waals surface area contributed by atoms with E-state index in [1.807, 2.05) is 64.4 Å². The summed E-state index contributed by atoms with van der Waals surface area (Å²) in [5.41, 5.74) is 2.07. The zero-order chi connectivity index (χ0) is 20.0. The molecule has 3 aromatic carbocycles. The van der Waals surface area contributed by atoms with E-state index in [0.717, 1.165) is 11.1 Å². The number of hydrogen-bond donors (Lipinski definition) is 0. The Morgan fingerprint density at radius 2 is 1.59 bits per heavy atom. The summed E-state index contributed by atoms with van der Waals surface area (Å²) in [4.78, 5) is 30.5. The molecule has 1 saturated heterocycles. The molecule has 3 aromatic rings. The van der Waals surface area contributed by atoms with Crippen LogP contribution >= 0.6 is 0 Å². The number of rotatable bonds is 3. The Balaban J connectivity index is 1.70. The molecule has 5 rings (SSSR count). The fraction of sp³-hybridized carbons (Fsp3) is 0.167. The van der Waals surface area contributed by atoms with Crippen LogP contribution in [0.25, 0.3) is 0 Å². The summed E-state index contributed by atoms with van der Waals surface area (Å²) in [6.07, 6.45) is 0. The first-order valence-electron chi connectivity index (χ1n) is 9.61. The first kappa shape index (κ1) is 17.5. The van der Waals surface area contributed by atoms with Gasteiger partial charge in [0.25, 0.3) is 11.8 Å². The molecule has 1 unspecified atom stereocenters. The summed E-state index contributed by atoms with van der Waals surface area (Å²) in [5, 5.41) is 0. The Morgan fingerprint density at radius 3 is 2.31 bits per heavy atom. The summed E-state index contributed by atoms with van der Waals surface area (Å²) in [7, 11) is 1.60. The third-order valence-electron chi connectivity index (χ3n) is 5.87. The van der Waals surface area contributed by atoms with E-state index in [2.05, 4.69) is 0 Å². The van der Waals surface area contributed by atoms with Crippen LogP contribution in [0.3, 0.4) is 0 Å². The lowest BCUT2D eigenvalue weighted by Gasteiger charge is -2.40. The SMILES string of the molecule is COc1ccc(C(=O)N2CCN3C(=O)c4ccccc4C23c2ccccc2)cc1. The molecule has 2 heterocycles. The molecule has 1 fully saturated rings. The molecule has 1 atom stereocenters. The zero-order valence-electron chi connectivity index (χ0n) is 16.0. The van der Waals surface area contributed by atoms with Gasteiger partial charge in [-0.05, 0) is 30.3 Å². The second-order valence-corrected chi connectivity index (χ2v) is 7.23. The smallest absolute Gasteiger partial charge is 0.256 e. The van der Waals surface area contributed by atoms with E-state index in [9.17, 15) is 9.59 Å². The average Bonchev–Trinajstić information content (AvgIpc) is 3.30. The predicted molar refractivity (Wildman–Crippen MR) is 109 cm³/mol. The van der Waals surface area contributed by atoms with Crippen LogP contribution in [-0.2, 0) is 5.66 Å². The predicted octanol–water partition coefficient (Wildman–Crippen LogP) is 3.51. The van der Waals surface area contributed by atoms with E-state index in [1.165, 1.54) is 0 Å². The van der Waals surface area contributed by atoms with Crippen molar-refractivity contribution in [2.45, 2.75) is 5.66 Å². The van der Waals surface area contributed by atoms with Gasteiger partial charge in [0.1, 0.15) is 5.75 Å². The summed E-state index contributed by atoms with van der Waals surface area (Å²) in [5.74, 6) is 0.557. The maximum absolute atomic E-state index is 13.6. The van der Waals surface area contributed by atoms with Crippen LogP contribution in [0.15, 0.2) is 78.9 Å². The average molecular weight is 384 g/mol. The Labute approximate surface area is 169 Å². The largest absolute Gasteiger partial charge is 0.497 e. The second-order valence-electron chi connectivity index (χ2n) is 7.23. The van der Waals surface area contributed by atoms with Crippen LogP contribution in [0, 0.1) is 0 Å². The van der Waals surface area contributed by atoms with Crippen LogP contribution in [0.2, 0.25) is 0 Å². The summed E-state index contributed by atoms with van der Waals surface area (Å²) in [6, 6.07) is 24.5. The lowest BCUT2D eigenvalue weighted by atomic mass is 9.89. The van der Waals surface area contributed by atoms with Crippen molar-refractivity contribution in [1.82, 2.24) is 9.80 Å². The molecule has 2 aliphatic heterocycles. The van der Waals surface area contributed by atoms with Crippen LogP contribution in [0.4, 0.5) is 0 Å². The summed E-state index contributed by atoms with van der Waals surface area (Å²) >= 11 is 0. The second kappa shape index (κ2) is 6.48. The number of amides is 2. The number of carbonyl (C=O) groups excluding carboxylic acids is 2. The summed E-state index contributed by atoms with van der Waals surface area (Å²) < 4.78 is 5.22. The van der Waals surface area contributed by atoms with E-state index in [0.29, 0.717) is 30.0 Å². The molecule has 0 N–H and O–H groups in total. The van der Waals surface area contributed by atoms with Crippen molar-refractivity contribution in [2.24, 2.45) is 0 Å². The van der Waals surface area contributed by atoms with Crippen molar-refractivity contribution in [2.75, 3.05) is 20.2 Å². The zero-order valence-corrected chi connectivity index (χ0v) is 16.0. The molecular formula is C24H20N2O3. The maximum Gasteiger partial charge on any atom is 0.256 e. The van der Waals surface area contributed by atoms with Crippen molar-refractivity contribution in [3.05, 3.63) is 101 Å². The Hall–Kier alpha value is -3.60. The molecule has 5 heteroatoms. The van der Waals surface area contributed by atoms with Gasteiger partial charge in [-0.15, -0.1) is 0 Å². The van der Waals surface area contributed by atoms with Gasteiger partial charge < -0.3 is 14.5 Å². The molecule has 0 saturated carbocycles. The Bertz CT molecular complexity index is 1090. The molecule has 0 aliphatic carbocycles. The minimum Gasteiger partial charge on any atom is -0.497 e. The van der Waals surface area contributed by atoms with E-state index < -0.39 is 5.66 Å². The highest BCUT2D eigenvalue weighted by Gasteiger charge is 2.59. The molecule has 0 aromatic heterocycles. The first-order valence-corrected chi connectivity index (χ1v) is 9.61. The van der Waals surface area contributed by atoms with Gasteiger partial charge in [0.05, 0.1) is 7.11 Å². The normalized spacial score (nSPS) is 19.8.